The van der Waals surface area contributed by atoms with Crippen LogP contribution in [0.15, 0.2) is 18.2 Å². The predicted octanol–water partition coefficient (Wildman–Crippen LogP) is 2.60. The van der Waals surface area contributed by atoms with E-state index < -0.39 is 5.97 Å². The van der Waals surface area contributed by atoms with Gasteiger partial charge >= 0.3 is 12.0 Å². The highest BCUT2D eigenvalue weighted by molar-refractivity contribution is 5.96. The third-order valence-electron chi connectivity index (χ3n) is 4.28. The van der Waals surface area contributed by atoms with Crippen LogP contribution in [0.5, 0.6) is 0 Å². The monoisotopic (exact) mass is 288 g/mol. The van der Waals surface area contributed by atoms with Crippen LogP contribution in [0.25, 0.3) is 0 Å². The van der Waals surface area contributed by atoms with E-state index in [1.807, 2.05) is 11.8 Å². The molecule has 1 aromatic rings. The molecule has 0 bridgehead atoms. The number of hydrogen-bond acceptors (Lipinski definition) is 2. The lowest BCUT2D eigenvalue weighted by atomic mass is 10.1. The quantitative estimate of drug-likeness (QED) is 0.926. The van der Waals surface area contributed by atoms with Crippen LogP contribution in [-0.2, 0) is 6.42 Å². The summed E-state index contributed by atoms with van der Waals surface area (Å²) in [6, 6.07) is 5.06. The molecule has 0 unspecified atom stereocenters. The van der Waals surface area contributed by atoms with Gasteiger partial charge in [0.1, 0.15) is 0 Å². The fourth-order valence-corrected chi connectivity index (χ4v) is 2.86. The Labute approximate surface area is 124 Å². The standard InChI is InChI=1S/C16H20N2O3/c1-2-17(10-11-3-4-11)16(21)18-8-7-12-9-13(15(19)20)5-6-14(12)18/h5-6,9,11H,2-4,7-8,10H2,1H3,(H,19,20). The third kappa shape index (κ3) is 2.73. The number of benzene rings is 1. The molecule has 3 rings (SSSR count). The van der Waals surface area contributed by atoms with E-state index in [-0.39, 0.29) is 11.6 Å². The summed E-state index contributed by atoms with van der Waals surface area (Å²) in [6.07, 6.45) is 3.17. The number of carboxylic acid groups (broad SMARTS) is 1. The van der Waals surface area contributed by atoms with Crippen LogP contribution in [-0.4, -0.2) is 41.6 Å². The summed E-state index contributed by atoms with van der Waals surface area (Å²) in [5, 5.41) is 9.03. The number of carbonyl (C=O) groups is 2. The van der Waals surface area contributed by atoms with Gasteiger partial charge in [-0.25, -0.2) is 9.59 Å². The molecule has 0 aromatic heterocycles. The van der Waals surface area contributed by atoms with Gasteiger partial charge in [0.2, 0.25) is 0 Å². The summed E-state index contributed by atoms with van der Waals surface area (Å²) in [5.41, 5.74) is 2.10. The first-order chi connectivity index (χ1) is 10.1. The molecule has 5 heteroatoms. The first kappa shape index (κ1) is 13.9. The zero-order valence-electron chi connectivity index (χ0n) is 12.2. The molecule has 1 saturated carbocycles. The van der Waals surface area contributed by atoms with Gasteiger partial charge in [0, 0.05) is 25.3 Å². The molecule has 112 valence electrons. The van der Waals surface area contributed by atoms with Crippen molar-refractivity contribution >= 4 is 17.7 Å². The van der Waals surface area contributed by atoms with Crippen molar-refractivity contribution in [2.45, 2.75) is 26.2 Å². The van der Waals surface area contributed by atoms with Gasteiger partial charge in [-0.3, -0.25) is 4.90 Å². The second-order valence-electron chi connectivity index (χ2n) is 5.81. The number of aromatic carboxylic acids is 1. The summed E-state index contributed by atoms with van der Waals surface area (Å²) in [6.45, 7) is 4.20. The van der Waals surface area contributed by atoms with E-state index in [4.69, 9.17) is 5.11 Å². The summed E-state index contributed by atoms with van der Waals surface area (Å²) in [7, 11) is 0. The van der Waals surface area contributed by atoms with Gasteiger partial charge < -0.3 is 10.0 Å². The summed E-state index contributed by atoms with van der Waals surface area (Å²) < 4.78 is 0. The van der Waals surface area contributed by atoms with Gasteiger partial charge in [0.05, 0.1) is 5.56 Å². The van der Waals surface area contributed by atoms with Gasteiger partial charge in [-0.1, -0.05) is 0 Å². The molecule has 0 radical (unpaired) electrons. The highest BCUT2D eigenvalue weighted by Crippen LogP contribution is 2.32. The number of carboxylic acids is 1. The topological polar surface area (TPSA) is 60.9 Å². The van der Waals surface area contributed by atoms with E-state index in [1.165, 1.54) is 12.8 Å². The van der Waals surface area contributed by atoms with Crippen molar-refractivity contribution in [1.29, 1.82) is 0 Å². The molecule has 1 fully saturated rings. The van der Waals surface area contributed by atoms with Gasteiger partial charge in [-0.05, 0) is 55.9 Å². The molecule has 1 aliphatic heterocycles. The predicted molar refractivity (Wildman–Crippen MR) is 79.8 cm³/mol. The van der Waals surface area contributed by atoms with Crippen molar-refractivity contribution in [3.8, 4) is 0 Å². The molecule has 1 N–H and O–H groups in total. The Balaban J connectivity index is 1.79. The zero-order valence-corrected chi connectivity index (χ0v) is 12.2. The number of fused-ring (bicyclic) bond motifs is 1. The third-order valence-corrected chi connectivity index (χ3v) is 4.28. The highest BCUT2D eigenvalue weighted by Gasteiger charge is 2.31. The van der Waals surface area contributed by atoms with Crippen LogP contribution in [0.2, 0.25) is 0 Å². The van der Waals surface area contributed by atoms with Crippen LogP contribution in [0, 0.1) is 5.92 Å². The molecule has 1 heterocycles. The normalized spacial score (nSPS) is 16.7. The van der Waals surface area contributed by atoms with Crippen LogP contribution in [0.1, 0.15) is 35.7 Å². The lowest BCUT2D eigenvalue weighted by molar-refractivity contribution is 0.0697. The second kappa shape index (κ2) is 5.39. The number of nitrogens with zero attached hydrogens (tertiary/aromatic N) is 2. The Kier molecular flexibility index (Phi) is 3.57. The Hall–Kier alpha value is -2.04. The molecule has 1 aliphatic carbocycles. The average molecular weight is 288 g/mol. The Bertz CT molecular complexity index is 581. The summed E-state index contributed by atoms with van der Waals surface area (Å²) in [5.74, 6) is -0.253. The minimum absolute atomic E-state index is 0.0474. The molecule has 1 aromatic carbocycles. The highest BCUT2D eigenvalue weighted by atomic mass is 16.4. The fraction of sp³-hybridized carbons (Fsp3) is 0.500. The lowest BCUT2D eigenvalue weighted by Gasteiger charge is -2.27. The first-order valence-corrected chi connectivity index (χ1v) is 7.52. The zero-order chi connectivity index (χ0) is 15.0. The van der Waals surface area contributed by atoms with Crippen molar-refractivity contribution < 1.29 is 14.7 Å². The summed E-state index contributed by atoms with van der Waals surface area (Å²) in [4.78, 5) is 27.4. The molecular formula is C16H20N2O3. The maximum Gasteiger partial charge on any atom is 0.335 e. The minimum atomic E-state index is -0.925. The average Bonchev–Trinajstić information content (AvgIpc) is 3.20. The number of anilines is 1. The lowest BCUT2D eigenvalue weighted by Crippen LogP contribution is -2.43. The van der Waals surface area contributed by atoms with E-state index >= 15 is 0 Å². The van der Waals surface area contributed by atoms with E-state index in [0.717, 1.165) is 24.2 Å². The Morgan fingerprint density at radius 3 is 2.76 bits per heavy atom. The van der Waals surface area contributed by atoms with Crippen LogP contribution >= 0.6 is 0 Å². The minimum Gasteiger partial charge on any atom is -0.478 e. The van der Waals surface area contributed by atoms with E-state index in [0.29, 0.717) is 19.0 Å². The van der Waals surface area contributed by atoms with Gasteiger partial charge in [0.25, 0.3) is 0 Å². The van der Waals surface area contributed by atoms with Crippen molar-refractivity contribution in [1.82, 2.24) is 4.90 Å². The number of amides is 2. The molecule has 0 atom stereocenters. The number of hydrogen-bond donors (Lipinski definition) is 1. The van der Waals surface area contributed by atoms with Gasteiger partial charge in [-0.2, -0.15) is 0 Å². The fourth-order valence-electron chi connectivity index (χ4n) is 2.86. The van der Waals surface area contributed by atoms with Crippen molar-refractivity contribution in [2.75, 3.05) is 24.5 Å². The molecule has 0 saturated heterocycles. The summed E-state index contributed by atoms with van der Waals surface area (Å²) >= 11 is 0. The van der Waals surface area contributed by atoms with Crippen molar-refractivity contribution in [2.24, 2.45) is 5.92 Å². The Morgan fingerprint density at radius 1 is 1.38 bits per heavy atom. The first-order valence-electron chi connectivity index (χ1n) is 7.52. The number of urea groups is 1. The molecule has 2 amide bonds. The molecular weight excluding hydrogens is 268 g/mol. The van der Waals surface area contributed by atoms with Crippen LogP contribution in [0.3, 0.4) is 0 Å². The smallest absolute Gasteiger partial charge is 0.335 e. The van der Waals surface area contributed by atoms with E-state index in [2.05, 4.69) is 0 Å². The van der Waals surface area contributed by atoms with E-state index in [1.54, 1.807) is 23.1 Å². The molecule has 0 spiro atoms. The second-order valence-corrected chi connectivity index (χ2v) is 5.81. The van der Waals surface area contributed by atoms with Gasteiger partial charge in [-0.15, -0.1) is 0 Å². The maximum absolute atomic E-state index is 12.7. The van der Waals surface area contributed by atoms with E-state index in [9.17, 15) is 9.59 Å². The molecule has 5 nitrogen and oxygen atoms in total. The Morgan fingerprint density at radius 2 is 2.14 bits per heavy atom. The maximum atomic E-state index is 12.7. The number of carbonyl (C=O) groups excluding carboxylic acids is 1. The molecule has 2 aliphatic rings. The largest absolute Gasteiger partial charge is 0.478 e. The SMILES string of the molecule is CCN(CC1CC1)C(=O)N1CCc2cc(C(=O)O)ccc21. The van der Waals surface area contributed by atoms with Crippen LogP contribution in [0.4, 0.5) is 10.5 Å². The van der Waals surface area contributed by atoms with Gasteiger partial charge in [0.15, 0.2) is 0 Å². The van der Waals surface area contributed by atoms with Crippen molar-refractivity contribution in [3.05, 3.63) is 29.3 Å². The number of rotatable bonds is 4. The molecule has 21 heavy (non-hydrogen) atoms. The van der Waals surface area contributed by atoms with Crippen molar-refractivity contribution in [3.63, 3.8) is 0 Å². The van der Waals surface area contributed by atoms with Crippen LogP contribution < -0.4 is 4.90 Å².